The molecule has 0 aromatic rings. The second-order valence-corrected chi connectivity index (χ2v) is 3.86. The van der Waals surface area contributed by atoms with Crippen molar-refractivity contribution in [3.8, 4) is 0 Å². The topological polar surface area (TPSA) is 102 Å². The molecule has 0 aromatic heterocycles. The van der Waals surface area contributed by atoms with Crippen molar-refractivity contribution in [2.75, 3.05) is 6.54 Å². The third-order valence-electron chi connectivity index (χ3n) is 1.88. The number of hydrogen-bond acceptors (Lipinski definition) is 3. The highest BCUT2D eigenvalue weighted by molar-refractivity contribution is 5.78. The molecule has 6 heteroatoms. The number of rotatable bonds is 6. The zero-order valence-corrected chi connectivity index (χ0v) is 9.53. The van der Waals surface area contributed by atoms with Gasteiger partial charge in [-0.05, 0) is 20.3 Å². The number of carboxylic acids is 1. The van der Waals surface area contributed by atoms with E-state index in [0.29, 0.717) is 18.8 Å². The van der Waals surface area contributed by atoms with Crippen molar-refractivity contribution in [2.45, 2.75) is 32.2 Å². The molecule has 0 fully saturated rings. The monoisotopic (exact) mass is 231 g/mol. The van der Waals surface area contributed by atoms with E-state index in [1.165, 1.54) is 13.0 Å². The molecule has 16 heavy (non-hydrogen) atoms. The summed E-state index contributed by atoms with van der Waals surface area (Å²) in [5, 5.41) is 8.68. The summed E-state index contributed by atoms with van der Waals surface area (Å²) in [6, 6.07) is 0. The lowest BCUT2D eigenvalue weighted by atomic mass is 9.98. The Balaban J connectivity index is 4.16. The minimum absolute atomic E-state index is 0.326. The maximum Gasteiger partial charge on any atom is 0.323 e. The largest absolute Gasteiger partial charge is 0.480 e. The Morgan fingerprint density at radius 1 is 1.62 bits per heavy atom. The molecule has 0 amide bonds. The summed E-state index contributed by atoms with van der Waals surface area (Å²) >= 11 is 0. The van der Waals surface area contributed by atoms with Crippen LogP contribution >= 0.6 is 0 Å². The molecule has 0 aromatic carbocycles. The van der Waals surface area contributed by atoms with Crippen LogP contribution in [-0.2, 0) is 4.79 Å². The Hall–Kier alpha value is -1.43. The number of halogens is 1. The average molecular weight is 231 g/mol. The van der Waals surface area contributed by atoms with Gasteiger partial charge in [0.2, 0.25) is 0 Å². The van der Waals surface area contributed by atoms with Crippen LogP contribution in [0.15, 0.2) is 16.9 Å². The average Bonchev–Trinajstić information content (AvgIpc) is 2.11. The molecule has 0 unspecified atom stereocenters. The number of carbonyl (C=O) groups is 1. The van der Waals surface area contributed by atoms with Crippen LogP contribution in [0.1, 0.15) is 26.7 Å². The molecule has 0 aliphatic carbocycles. The van der Waals surface area contributed by atoms with Gasteiger partial charge < -0.3 is 16.6 Å². The van der Waals surface area contributed by atoms with E-state index in [2.05, 4.69) is 4.99 Å². The van der Waals surface area contributed by atoms with Gasteiger partial charge in [0.15, 0.2) is 0 Å². The molecule has 5 N–H and O–H groups in total. The standard InChI is InChI=1S/C10H18FN3O2/c1-7(12)14-5-3-4-8(11)6-10(2,13)9(15)16/h4H,3,5-6,13H2,1-2H3,(H2,12,14)(H,15,16)/b8-4+/t10-/m1/s1. The van der Waals surface area contributed by atoms with Crippen LogP contribution in [0.4, 0.5) is 4.39 Å². The van der Waals surface area contributed by atoms with Gasteiger partial charge in [-0.3, -0.25) is 9.79 Å². The summed E-state index contributed by atoms with van der Waals surface area (Å²) in [4.78, 5) is 14.5. The molecule has 0 aliphatic rings. The van der Waals surface area contributed by atoms with Gasteiger partial charge in [-0.25, -0.2) is 4.39 Å². The lowest BCUT2D eigenvalue weighted by Crippen LogP contribution is -2.44. The highest BCUT2D eigenvalue weighted by atomic mass is 19.1. The number of hydrogen-bond donors (Lipinski definition) is 3. The van der Waals surface area contributed by atoms with Crippen LogP contribution in [0, 0.1) is 0 Å². The van der Waals surface area contributed by atoms with Crippen LogP contribution in [-0.4, -0.2) is 29.0 Å². The van der Waals surface area contributed by atoms with Crippen LogP contribution in [0.25, 0.3) is 0 Å². The predicted molar refractivity (Wildman–Crippen MR) is 60.8 cm³/mol. The molecular weight excluding hydrogens is 213 g/mol. The molecule has 0 spiro atoms. The zero-order valence-electron chi connectivity index (χ0n) is 9.53. The molecule has 0 rings (SSSR count). The fraction of sp³-hybridized carbons (Fsp3) is 0.600. The van der Waals surface area contributed by atoms with Gasteiger partial charge in [0, 0.05) is 13.0 Å². The molecule has 92 valence electrons. The lowest BCUT2D eigenvalue weighted by Gasteiger charge is -2.17. The summed E-state index contributed by atoms with van der Waals surface area (Å²) < 4.78 is 13.2. The van der Waals surface area contributed by atoms with Gasteiger partial charge in [0.25, 0.3) is 0 Å². The Labute approximate surface area is 94.0 Å². The van der Waals surface area contributed by atoms with Crippen molar-refractivity contribution in [3.63, 3.8) is 0 Å². The van der Waals surface area contributed by atoms with Gasteiger partial charge in [-0.2, -0.15) is 0 Å². The van der Waals surface area contributed by atoms with Gasteiger partial charge >= 0.3 is 5.97 Å². The first kappa shape index (κ1) is 14.6. The van der Waals surface area contributed by atoms with E-state index in [1.54, 1.807) is 6.92 Å². The maximum absolute atomic E-state index is 13.2. The number of nitrogens with two attached hydrogens (primary N) is 2. The van der Waals surface area contributed by atoms with E-state index < -0.39 is 17.3 Å². The van der Waals surface area contributed by atoms with E-state index in [4.69, 9.17) is 16.6 Å². The van der Waals surface area contributed by atoms with E-state index in [1.807, 2.05) is 0 Å². The van der Waals surface area contributed by atoms with Gasteiger partial charge in [-0.1, -0.05) is 6.08 Å². The Kier molecular flexibility index (Phi) is 5.66. The number of amidine groups is 1. The normalized spacial score (nSPS) is 17.0. The Morgan fingerprint density at radius 2 is 2.19 bits per heavy atom. The Bertz CT molecular complexity index is 307. The van der Waals surface area contributed by atoms with E-state index in [0.717, 1.165) is 0 Å². The van der Waals surface area contributed by atoms with Crippen molar-refractivity contribution < 1.29 is 14.3 Å². The summed E-state index contributed by atoms with van der Waals surface area (Å²) in [7, 11) is 0. The lowest BCUT2D eigenvalue weighted by molar-refractivity contribution is -0.142. The highest BCUT2D eigenvalue weighted by Gasteiger charge is 2.29. The molecule has 0 saturated carbocycles. The summed E-state index contributed by atoms with van der Waals surface area (Å²) in [5.74, 6) is -1.34. The van der Waals surface area contributed by atoms with E-state index in [-0.39, 0.29) is 6.42 Å². The predicted octanol–water partition coefficient (Wildman–Crippen LogP) is 0.799. The summed E-state index contributed by atoms with van der Waals surface area (Å²) in [5.41, 5.74) is 9.10. The first-order valence-electron chi connectivity index (χ1n) is 4.89. The van der Waals surface area contributed by atoms with Crippen LogP contribution in [0.5, 0.6) is 0 Å². The third-order valence-corrected chi connectivity index (χ3v) is 1.88. The molecule has 0 radical (unpaired) electrons. The molecule has 0 aliphatic heterocycles. The van der Waals surface area contributed by atoms with Crippen LogP contribution in [0.3, 0.4) is 0 Å². The zero-order chi connectivity index (χ0) is 12.8. The third kappa shape index (κ3) is 6.13. The SMILES string of the molecule is CC(N)=NCC/C=C(/F)C[C@@](C)(N)C(=O)O. The van der Waals surface area contributed by atoms with E-state index in [9.17, 15) is 9.18 Å². The quantitative estimate of drug-likeness (QED) is 0.357. The molecule has 0 saturated heterocycles. The number of aliphatic carboxylic acids is 1. The van der Waals surface area contributed by atoms with Crippen molar-refractivity contribution in [3.05, 3.63) is 11.9 Å². The van der Waals surface area contributed by atoms with Gasteiger partial charge in [0.05, 0.1) is 11.7 Å². The first-order chi connectivity index (χ1) is 7.25. The number of carboxylic acid groups (broad SMARTS) is 1. The second kappa shape index (κ2) is 6.22. The number of aliphatic imine (C=N–C) groups is 1. The molecule has 0 bridgehead atoms. The van der Waals surface area contributed by atoms with Crippen molar-refractivity contribution in [1.82, 2.24) is 0 Å². The molecule has 5 nitrogen and oxygen atoms in total. The smallest absolute Gasteiger partial charge is 0.323 e. The molecule has 1 atom stereocenters. The second-order valence-electron chi connectivity index (χ2n) is 3.86. The maximum atomic E-state index is 13.2. The minimum atomic E-state index is -1.58. The molecule has 0 heterocycles. The van der Waals surface area contributed by atoms with Crippen LogP contribution < -0.4 is 11.5 Å². The summed E-state index contributed by atoms with van der Waals surface area (Å²) in [6.45, 7) is 3.29. The Morgan fingerprint density at radius 3 is 2.62 bits per heavy atom. The van der Waals surface area contributed by atoms with Gasteiger partial charge in [0.1, 0.15) is 5.54 Å². The van der Waals surface area contributed by atoms with Crippen LogP contribution in [0.2, 0.25) is 0 Å². The number of nitrogens with zero attached hydrogens (tertiary/aromatic N) is 1. The first-order valence-corrected chi connectivity index (χ1v) is 4.89. The fourth-order valence-corrected chi connectivity index (χ4v) is 0.961. The van der Waals surface area contributed by atoms with Gasteiger partial charge in [-0.15, -0.1) is 0 Å². The van der Waals surface area contributed by atoms with Crippen molar-refractivity contribution >= 4 is 11.8 Å². The van der Waals surface area contributed by atoms with Crippen molar-refractivity contribution in [1.29, 1.82) is 0 Å². The molecular formula is C10H18FN3O2. The fourth-order valence-electron chi connectivity index (χ4n) is 0.961. The summed E-state index contributed by atoms with van der Waals surface area (Å²) in [6.07, 6.45) is 1.32. The van der Waals surface area contributed by atoms with E-state index >= 15 is 0 Å². The van der Waals surface area contributed by atoms with Crippen molar-refractivity contribution in [2.24, 2.45) is 16.5 Å². The minimum Gasteiger partial charge on any atom is -0.480 e. The highest BCUT2D eigenvalue weighted by Crippen LogP contribution is 2.15.